The van der Waals surface area contributed by atoms with Crippen molar-refractivity contribution in [3.05, 3.63) is 71.8 Å². The van der Waals surface area contributed by atoms with Gasteiger partial charge in [-0.15, -0.1) is 0 Å². The van der Waals surface area contributed by atoms with E-state index < -0.39 is 0 Å². The maximum atomic E-state index is 12.1. The van der Waals surface area contributed by atoms with Crippen LogP contribution in [0.25, 0.3) is 0 Å². The van der Waals surface area contributed by atoms with E-state index in [1.165, 1.54) is 6.21 Å². The summed E-state index contributed by atoms with van der Waals surface area (Å²) in [5.41, 5.74) is 1.96. The smallest absolute Gasteiger partial charge is 0.167 e. The summed E-state index contributed by atoms with van der Waals surface area (Å²) >= 11 is 0. The van der Waals surface area contributed by atoms with Crippen molar-refractivity contribution in [1.29, 1.82) is 0 Å². The van der Waals surface area contributed by atoms with Crippen molar-refractivity contribution in [2.24, 2.45) is 4.99 Å². The highest BCUT2D eigenvalue weighted by Crippen LogP contribution is 2.34. The summed E-state index contributed by atoms with van der Waals surface area (Å²) in [5, 5.41) is 10.5. The molecule has 0 amide bonds. The normalized spacial score (nSPS) is 18.9. The lowest BCUT2D eigenvalue weighted by Gasteiger charge is -2.22. The molecule has 4 nitrogen and oxygen atoms in total. The number of benzene rings is 1. The van der Waals surface area contributed by atoms with Gasteiger partial charge in [0.25, 0.3) is 0 Å². The number of aliphatic hydroxyl groups is 1. The molecule has 1 atom stereocenters. The van der Waals surface area contributed by atoms with Crippen molar-refractivity contribution in [3.63, 3.8) is 0 Å². The lowest BCUT2D eigenvalue weighted by Crippen LogP contribution is -2.19. The minimum absolute atomic E-state index is 0.0719. The molecule has 1 aliphatic rings. The van der Waals surface area contributed by atoms with Gasteiger partial charge in [0.05, 0.1) is 17.5 Å². The van der Waals surface area contributed by atoms with Crippen molar-refractivity contribution in [1.82, 2.24) is 4.98 Å². The maximum Gasteiger partial charge on any atom is 0.167 e. The standard InChI is InChI=1S/C18H16N2O2/c21-17-9-8-15(13-5-2-1-3-6-13)18(22)16(17)12-20-14-7-4-10-19-11-14/h1-7,10-12,15,22H,8-9H2/t15-/m0/s1. The van der Waals surface area contributed by atoms with Crippen LogP contribution in [0.4, 0.5) is 5.69 Å². The first-order chi connectivity index (χ1) is 10.8. The van der Waals surface area contributed by atoms with Crippen LogP contribution < -0.4 is 0 Å². The molecule has 1 aliphatic carbocycles. The van der Waals surface area contributed by atoms with Gasteiger partial charge >= 0.3 is 0 Å². The van der Waals surface area contributed by atoms with E-state index in [1.54, 1.807) is 24.5 Å². The van der Waals surface area contributed by atoms with E-state index in [0.717, 1.165) is 5.56 Å². The van der Waals surface area contributed by atoms with Crippen LogP contribution >= 0.6 is 0 Å². The number of rotatable bonds is 3. The van der Waals surface area contributed by atoms with Crippen molar-refractivity contribution in [3.8, 4) is 0 Å². The number of allylic oxidation sites excluding steroid dienone is 2. The number of pyridine rings is 1. The number of ketones is 1. The third-order valence-corrected chi connectivity index (χ3v) is 3.76. The first kappa shape index (κ1) is 14.2. The van der Waals surface area contributed by atoms with Crippen LogP contribution in [0.15, 0.2) is 71.2 Å². The zero-order valence-electron chi connectivity index (χ0n) is 12.0. The minimum atomic E-state index is -0.144. The summed E-state index contributed by atoms with van der Waals surface area (Å²) in [5.74, 6) is -0.110. The zero-order valence-corrected chi connectivity index (χ0v) is 12.0. The second-order valence-electron chi connectivity index (χ2n) is 5.19. The van der Waals surface area contributed by atoms with Crippen LogP contribution in [0.5, 0.6) is 0 Å². The average molecular weight is 292 g/mol. The Hall–Kier alpha value is -2.75. The Morgan fingerprint density at radius 3 is 2.73 bits per heavy atom. The maximum absolute atomic E-state index is 12.1. The first-order valence-electron chi connectivity index (χ1n) is 7.21. The molecule has 0 bridgehead atoms. The van der Waals surface area contributed by atoms with Gasteiger partial charge in [0.15, 0.2) is 5.78 Å². The Kier molecular flexibility index (Phi) is 4.10. The summed E-state index contributed by atoms with van der Waals surface area (Å²) in [6.45, 7) is 0. The molecule has 110 valence electrons. The van der Waals surface area contributed by atoms with E-state index in [0.29, 0.717) is 24.1 Å². The third-order valence-electron chi connectivity index (χ3n) is 3.76. The average Bonchev–Trinajstić information content (AvgIpc) is 2.56. The van der Waals surface area contributed by atoms with Crippen molar-refractivity contribution < 1.29 is 9.90 Å². The number of aliphatic hydroxyl groups excluding tert-OH is 1. The lowest BCUT2D eigenvalue weighted by atomic mass is 9.83. The number of carbonyl (C=O) groups is 1. The number of hydrogen-bond acceptors (Lipinski definition) is 4. The van der Waals surface area contributed by atoms with Gasteiger partial charge in [-0.05, 0) is 24.1 Å². The third kappa shape index (κ3) is 2.96. The van der Waals surface area contributed by atoms with E-state index in [4.69, 9.17) is 0 Å². The fraction of sp³-hybridized carbons (Fsp3) is 0.167. The molecule has 1 aromatic heterocycles. The fourth-order valence-electron chi connectivity index (χ4n) is 2.59. The highest BCUT2D eigenvalue weighted by atomic mass is 16.3. The molecular weight excluding hydrogens is 276 g/mol. The van der Waals surface area contributed by atoms with Crippen LogP contribution in [-0.2, 0) is 4.79 Å². The monoisotopic (exact) mass is 292 g/mol. The zero-order chi connectivity index (χ0) is 15.4. The van der Waals surface area contributed by atoms with Crippen LogP contribution in [0, 0.1) is 0 Å². The quantitative estimate of drug-likeness (QED) is 0.876. The molecular formula is C18H16N2O2. The predicted octanol–water partition coefficient (Wildman–Crippen LogP) is 3.74. The molecule has 4 heteroatoms. The number of carbonyl (C=O) groups excluding carboxylic acids is 1. The van der Waals surface area contributed by atoms with Crippen LogP contribution in [0.3, 0.4) is 0 Å². The number of Topliss-reactive ketones (excluding diaryl/α,β-unsaturated/α-hetero) is 1. The van der Waals surface area contributed by atoms with Gasteiger partial charge in [0, 0.05) is 24.8 Å². The van der Waals surface area contributed by atoms with E-state index in [9.17, 15) is 9.90 Å². The molecule has 0 fully saturated rings. The Balaban J connectivity index is 1.93. The van der Waals surface area contributed by atoms with Gasteiger partial charge in [-0.2, -0.15) is 0 Å². The molecule has 0 radical (unpaired) electrons. The molecule has 2 aromatic rings. The van der Waals surface area contributed by atoms with E-state index >= 15 is 0 Å². The van der Waals surface area contributed by atoms with Crippen LogP contribution in [0.2, 0.25) is 0 Å². The van der Waals surface area contributed by atoms with Gasteiger partial charge in [-0.1, -0.05) is 30.3 Å². The Morgan fingerprint density at radius 1 is 1.18 bits per heavy atom. The van der Waals surface area contributed by atoms with E-state index in [-0.39, 0.29) is 17.5 Å². The van der Waals surface area contributed by atoms with Gasteiger partial charge < -0.3 is 5.11 Å². The molecule has 1 heterocycles. The molecule has 0 unspecified atom stereocenters. The molecule has 1 aromatic carbocycles. The summed E-state index contributed by atoms with van der Waals surface area (Å²) in [6, 6.07) is 13.3. The van der Waals surface area contributed by atoms with Crippen molar-refractivity contribution >= 4 is 17.7 Å². The van der Waals surface area contributed by atoms with E-state index in [1.807, 2.05) is 30.3 Å². The van der Waals surface area contributed by atoms with Crippen LogP contribution in [-0.4, -0.2) is 22.1 Å². The predicted molar refractivity (Wildman–Crippen MR) is 85.5 cm³/mol. The molecule has 0 saturated carbocycles. The number of hydrogen-bond donors (Lipinski definition) is 1. The molecule has 0 saturated heterocycles. The SMILES string of the molecule is O=C1CC[C@@H](c2ccccc2)C(O)=C1C=Nc1cccnc1. The highest BCUT2D eigenvalue weighted by molar-refractivity contribution is 6.14. The number of aromatic nitrogens is 1. The lowest BCUT2D eigenvalue weighted by molar-refractivity contribution is -0.115. The van der Waals surface area contributed by atoms with E-state index in [2.05, 4.69) is 9.98 Å². The fourth-order valence-corrected chi connectivity index (χ4v) is 2.59. The topological polar surface area (TPSA) is 62.5 Å². The molecule has 0 spiro atoms. The highest BCUT2D eigenvalue weighted by Gasteiger charge is 2.28. The van der Waals surface area contributed by atoms with Crippen molar-refractivity contribution in [2.45, 2.75) is 18.8 Å². The Morgan fingerprint density at radius 2 is 2.00 bits per heavy atom. The second-order valence-corrected chi connectivity index (χ2v) is 5.19. The molecule has 0 aliphatic heterocycles. The first-order valence-corrected chi connectivity index (χ1v) is 7.21. The van der Waals surface area contributed by atoms with Crippen molar-refractivity contribution in [2.75, 3.05) is 0 Å². The van der Waals surface area contributed by atoms with Crippen LogP contribution in [0.1, 0.15) is 24.3 Å². The Labute approximate surface area is 128 Å². The van der Waals surface area contributed by atoms with Gasteiger partial charge in [-0.3, -0.25) is 14.8 Å². The number of aliphatic imine (C=N–C) groups is 1. The molecule has 3 rings (SSSR count). The van der Waals surface area contributed by atoms with Gasteiger partial charge in [0.2, 0.25) is 0 Å². The second kappa shape index (κ2) is 6.35. The minimum Gasteiger partial charge on any atom is -0.511 e. The summed E-state index contributed by atoms with van der Waals surface area (Å²) in [7, 11) is 0. The molecule has 22 heavy (non-hydrogen) atoms. The summed E-state index contributed by atoms with van der Waals surface area (Å²) < 4.78 is 0. The summed E-state index contributed by atoms with van der Waals surface area (Å²) in [4.78, 5) is 20.3. The van der Waals surface area contributed by atoms with Gasteiger partial charge in [0.1, 0.15) is 5.76 Å². The largest absolute Gasteiger partial charge is 0.511 e. The Bertz CT molecular complexity index is 721. The summed E-state index contributed by atoms with van der Waals surface area (Å²) in [6.07, 6.45) is 5.75. The molecule has 1 N–H and O–H groups in total. The van der Waals surface area contributed by atoms with Gasteiger partial charge in [-0.25, -0.2) is 0 Å². The number of nitrogens with zero attached hydrogens (tertiary/aromatic N) is 2.